The Labute approximate surface area is 162 Å². The lowest BCUT2D eigenvalue weighted by molar-refractivity contribution is -0.130. The molecule has 2 aliphatic heterocycles. The van der Waals surface area contributed by atoms with Gasteiger partial charge in [-0.05, 0) is 31.1 Å². The zero-order chi connectivity index (χ0) is 19.5. The van der Waals surface area contributed by atoms with Crippen LogP contribution in [0.5, 0.6) is 11.5 Å². The number of piperidine rings is 1. The maximum absolute atomic E-state index is 12.5. The number of hydrogen-bond acceptors (Lipinski definition) is 5. The minimum absolute atomic E-state index is 0.0307. The molecule has 1 aromatic heterocycles. The van der Waals surface area contributed by atoms with Crippen LogP contribution < -0.4 is 14.8 Å². The van der Waals surface area contributed by atoms with Crippen LogP contribution in [0.15, 0.2) is 36.7 Å². The molecule has 0 aliphatic carbocycles. The largest absolute Gasteiger partial charge is 0.454 e. The molecule has 3 heterocycles. The number of nitrogens with one attached hydrogen (secondary N) is 1. The summed E-state index contributed by atoms with van der Waals surface area (Å²) >= 11 is 0. The van der Waals surface area contributed by atoms with Crippen molar-refractivity contribution in [3.05, 3.63) is 42.2 Å². The van der Waals surface area contributed by atoms with Crippen LogP contribution >= 0.6 is 0 Å². The van der Waals surface area contributed by atoms with E-state index in [9.17, 15) is 9.59 Å². The monoisotopic (exact) mass is 382 g/mol. The highest BCUT2D eigenvalue weighted by Crippen LogP contribution is 2.34. The Balaban J connectivity index is 1.28. The highest BCUT2D eigenvalue weighted by atomic mass is 16.7. The molecule has 146 valence electrons. The number of aryl methyl sites for hydroxylation is 1. The smallest absolute Gasteiger partial charge is 0.246 e. The van der Waals surface area contributed by atoms with Gasteiger partial charge in [0.15, 0.2) is 11.5 Å². The zero-order valence-corrected chi connectivity index (χ0v) is 15.6. The van der Waals surface area contributed by atoms with Gasteiger partial charge in [-0.25, -0.2) is 0 Å². The molecule has 28 heavy (non-hydrogen) atoms. The molecular formula is C20H22N4O4. The van der Waals surface area contributed by atoms with Crippen LogP contribution in [0.4, 0.5) is 5.69 Å². The number of carbonyl (C=O) groups is 2. The molecule has 2 aliphatic rings. The lowest BCUT2D eigenvalue weighted by Crippen LogP contribution is -2.40. The third-order valence-electron chi connectivity index (χ3n) is 4.96. The van der Waals surface area contributed by atoms with Crippen LogP contribution in [0, 0.1) is 5.92 Å². The molecular weight excluding hydrogens is 360 g/mol. The molecule has 0 atom stereocenters. The van der Waals surface area contributed by atoms with Gasteiger partial charge in [0.25, 0.3) is 0 Å². The third-order valence-corrected chi connectivity index (χ3v) is 4.96. The lowest BCUT2D eigenvalue weighted by atomic mass is 9.95. The van der Waals surface area contributed by atoms with Gasteiger partial charge in [-0.1, -0.05) is 0 Å². The maximum Gasteiger partial charge on any atom is 0.246 e. The van der Waals surface area contributed by atoms with E-state index < -0.39 is 0 Å². The molecule has 0 spiro atoms. The average Bonchev–Trinajstić information content (AvgIpc) is 3.34. The number of amides is 2. The van der Waals surface area contributed by atoms with Crippen molar-refractivity contribution >= 4 is 23.6 Å². The van der Waals surface area contributed by atoms with Gasteiger partial charge in [-0.3, -0.25) is 14.3 Å². The van der Waals surface area contributed by atoms with Gasteiger partial charge in [0.1, 0.15) is 0 Å². The van der Waals surface area contributed by atoms with Gasteiger partial charge in [0, 0.05) is 55.6 Å². The molecule has 1 N–H and O–H groups in total. The fraction of sp³-hybridized carbons (Fsp3) is 0.350. The Bertz CT molecular complexity index is 913. The first-order valence-electron chi connectivity index (χ1n) is 9.24. The van der Waals surface area contributed by atoms with E-state index in [0.717, 1.165) is 5.56 Å². The van der Waals surface area contributed by atoms with Gasteiger partial charge in [-0.15, -0.1) is 0 Å². The summed E-state index contributed by atoms with van der Waals surface area (Å²) in [6, 6.07) is 5.35. The van der Waals surface area contributed by atoms with E-state index in [1.54, 1.807) is 46.1 Å². The van der Waals surface area contributed by atoms with Crippen LogP contribution in [-0.4, -0.2) is 46.4 Å². The Hall–Kier alpha value is -3.29. The molecule has 2 amide bonds. The summed E-state index contributed by atoms with van der Waals surface area (Å²) in [5.74, 6) is 1.13. The van der Waals surface area contributed by atoms with Crippen molar-refractivity contribution in [1.29, 1.82) is 0 Å². The molecule has 0 radical (unpaired) electrons. The topological polar surface area (TPSA) is 85.7 Å². The number of nitrogens with zero attached hydrogens (tertiary/aromatic N) is 3. The second-order valence-electron chi connectivity index (χ2n) is 6.94. The highest BCUT2D eigenvalue weighted by molar-refractivity contribution is 5.94. The molecule has 2 aromatic rings. The number of hydrogen-bond donors (Lipinski definition) is 1. The number of likely N-dealkylation sites (tertiary alicyclic amines) is 1. The number of ether oxygens (including phenoxy) is 2. The highest BCUT2D eigenvalue weighted by Gasteiger charge is 2.27. The zero-order valence-electron chi connectivity index (χ0n) is 15.6. The third kappa shape index (κ3) is 4.00. The minimum Gasteiger partial charge on any atom is -0.454 e. The summed E-state index contributed by atoms with van der Waals surface area (Å²) in [6.45, 7) is 1.33. The van der Waals surface area contributed by atoms with Gasteiger partial charge in [0.2, 0.25) is 18.6 Å². The second-order valence-corrected chi connectivity index (χ2v) is 6.94. The van der Waals surface area contributed by atoms with E-state index in [1.807, 2.05) is 13.2 Å². The molecule has 0 saturated carbocycles. The van der Waals surface area contributed by atoms with Crippen molar-refractivity contribution in [2.75, 3.05) is 25.2 Å². The average molecular weight is 382 g/mol. The number of rotatable bonds is 4. The van der Waals surface area contributed by atoms with Crippen LogP contribution in [0.25, 0.3) is 6.08 Å². The normalized spacial score (nSPS) is 16.5. The second kappa shape index (κ2) is 7.75. The summed E-state index contributed by atoms with van der Waals surface area (Å²) < 4.78 is 12.3. The number of aromatic nitrogens is 2. The van der Waals surface area contributed by atoms with E-state index >= 15 is 0 Å². The van der Waals surface area contributed by atoms with E-state index in [1.165, 1.54) is 0 Å². The number of anilines is 1. The molecule has 1 aromatic carbocycles. The van der Waals surface area contributed by atoms with Crippen LogP contribution in [0.1, 0.15) is 18.4 Å². The lowest BCUT2D eigenvalue weighted by Gasteiger charge is -2.30. The van der Waals surface area contributed by atoms with E-state index in [-0.39, 0.29) is 24.5 Å². The number of fused-ring (bicyclic) bond motifs is 1. The quantitative estimate of drug-likeness (QED) is 0.818. The Kier molecular flexibility index (Phi) is 5.01. The van der Waals surface area contributed by atoms with Crippen LogP contribution in [0.3, 0.4) is 0 Å². The van der Waals surface area contributed by atoms with Gasteiger partial charge in [0.05, 0.1) is 6.20 Å². The molecule has 4 rings (SSSR count). The number of benzene rings is 1. The minimum atomic E-state index is -0.114. The summed E-state index contributed by atoms with van der Waals surface area (Å²) in [6.07, 6.45) is 8.15. The van der Waals surface area contributed by atoms with Crippen LogP contribution in [-0.2, 0) is 16.6 Å². The van der Waals surface area contributed by atoms with E-state index in [4.69, 9.17) is 9.47 Å². The van der Waals surface area contributed by atoms with Crippen molar-refractivity contribution in [3.63, 3.8) is 0 Å². The Morgan fingerprint density at radius 3 is 2.75 bits per heavy atom. The summed E-state index contributed by atoms with van der Waals surface area (Å²) in [7, 11) is 1.83. The Morgan fingerprint density at radius 1 is 1.21 bits per heavy atom. The van der Waals surface area contributed by atoms with Crippen molar-refractivity contribution in [2.45, 2.75) is 12.8 Å². The van der Waals surface area contributed by atoms with Crippen molar-refractivity contribution in [2.24, 2.45) is 13.0 Å². The molecule has 1 fully saturated rings. The van der Waals surface area contributed by atoms with Gasteiger partial charge in [-0.2, -0.15) is 5.10 Å². The molecule has 0 bridgehead atoms. The molecule has 1 saturated heterocycles. The van der Waals surface area contributed by atoms with E-state index in [2.05, 4.69) is 10.4 Å². The summed E-state index contributed by atoms with van der Waals surface area (Å²) in [5, 5.41) is 7.00. The van der Waals surface area contributed by atoms with Crippen LogP contribution in [0.2, 0.25) is 0 Å². The fourth-order valence-corrected chi connectivity index (χ4v) is 3.38. The predicted molar refractivity (Wildman–Crippen MR) is 103 cm³/mol. The first-order chi connectivity index (χ1) is 13.6. The predicted octanol–water partition coefficient (Wildman–Crippen LogP) is 2.04. The SMILES string of the molecule is Cn1cc(/C=C/C(=O)N2CCC(C(=O)Nc3ccc4c(c3)OCO4)CC2)cn1. The summed E-state index contributed by atoms with van der Waals surface area (Å²) in [5.41, 5.74) is 1.57. The van der Waals surface area contributed by atoms with Crippen molar-refractivity contribution in [3.8, 4) is 11.5 Å². The maximum atomic E-state index is 12.5. The molecule has 0 unspecified atom stereocenters. The standard InChI is InChI=1S/C20H22N4O4/c1-23-12-14(11-21-23)2-5-19(25)24-8-6-15(7-9-24)20(26)22-16-3-4-17-18(10-16)28-13-27-17/h2-5,10-12,15H,6-9,13H2,1H3,(H,22,26)/b5-2+. The van der Waals surface area contributed by atoms with Crippen molar-refractivity contribution < 1.29 is 19.1 Å². The molecule has 8 heteroatoms. The summed E-state index contributed by atoms with van der Waals surface area (Å²) in [4.78, 5) is 26.7. The van der Waals surface area contributed by atoms with Crippen molar-refractivity contribution in [1.82, 2.24) is 14.7 Å². The first-order valence-corrected chi connectivity index (χ1v) is 9.24. The van der Waals surface area contributed by atoms with Gasteiger partial charge >= 0.3 is 0 Å². The Morgan fingerprint density at radius 2 is 2.00 bits per heavy atom. The first kappa shape index (κ1) is 18.1. The molecule has 8 nitrogen and oxygen atoms in total. The van der Waals surface area contributed by atoms with E-state index in [0.29, 0.717) is 43.1 Å². The fourth-order valence-electron chi connectivity index (χ4n) is 3.38. The number of carbonyl (C=O) groups excluding carboxylic acids is 2. The van der Waals surface area contributed by atoms with Gasteiger partial charge < -0.3 is 19.7 Å².